The lowest BCUT2D eigenvalue weighted by atomic mass is 10.1. The van der Waals surface area contributed by atoms with E-state index in [-0.39, 0.29) is 0 Å². The van der Waals surface area contributed by atoms with Crippen LogP contribution < -0.4 is 5.32 Å². The molecule has 0 bridgehead atoms. The maximum Gasteiger partial charge on any atom is 0.0991 e. The Balaban J connectivity index is 2.21. The number of rotatable bonds is 8. The predicted molar refractivity (Wildman–Crippen MR) is 76.2 cm³/mol. The molecule has 0 heterocycles. The van der Waals surface area contributed by atoms with Gasteiger partial charge in [-0.15, -0.1) is 0 Å². The molecule has 0 aromatic heterocycles. The average Bonchev–Trinajstić information content (AvgIpc) is 2.42. The molecular weight excluding hydrogens is 220 g/mol. The summed E-state index contributed by atoms with van der Waals surface area (Å²) in [6.07, 6.45) is 6.56. The molecule has 0 aliphatic heterocycles. The zero-order valence-corrected chi connectivity index (χ0v) is 11.6. The fourth-order valence-electron chi connectivity index (χ4n) is 1.97. The molecule has 1 N–H and O–H groups in total. The second-order valence-corrected chi connectivity index (χ2v) is 4.94. The first-order chi connectivity index (χ1) is 8.76. The Morgan fingerprint density at radius 3 is 2.50 bits per heavy atom. The van der Waals surface area contributed by atoms with Crippen molar-refractivity contribution in [1.82, 2.24) is 5.32 Å². The molecule has 0 saturated carbocycles. The topological polar surface area (TPSA) is 35.8 Å². The van der Waals surface area contributed by atoms with Crippen molar-refractivity contribution in [1.29, 1.82) is 5.26 Å². The molecule has 0 aliphatic carbocycles. The highest BCUT2D eigenvalue weighted by Crippen LogP contribution is 2.07. The van der Waals surface area contributed by atoms with E-state index in [9.17, 15) is 0 Å². The molecule has 0 aliphatic rings. The highest BCUT2D eigenvalue weighted by Gasteiger charge is 2.01. The van der Waals surface area contributed by atoms with Crippen molar-refractivity contribution in [3.63, 3.8) is 0 Å². The first-order valence-corrected chi connectivity index (χ1v) is 6.98. The van der Waals surface area contributed by atoms with E-state index in [1.165, 1.54) is 37.7 Å². The summed E-state index contributed by atoms with van der Waals surface area (Å²) >= 11 is 0. The van der Waals surface area contributed by atoms with E-state index < -0.39 is 0 Å². The summed E-state index contributed by atoms with van der Waals surface area (Å²) in [6, 6.07) is 10.5. The number of nitrogens with zero attached hydrogens (tertiary/aromatic N) is 1. The summed E-state index contributed by atoms with van der Waals surface area (Å²) in [4.78, 5) is 0. The largest absolute Gasteiger partial charge is 0.310 e. The molecule has 1 unspecified atom stereocenters. The second-order valence-electron chi connectivity index (χ2n) is 4.94. The molecule has 1 aromatic rings. The van der Waals surface area contributed by atoms with Gasteiger partial charge in [0, 0.05) is 12.6 Å². The van der Waals surface area contributed by atoms with Crippen molar-refractivity contribution >= 4 is 0 Å². The normalized spacial score (nSPS) is 12.1. The minimum absolute atomic E-state index is 0.567. The van der Waals surface area contributed by atoms with Crippen molar-refractivity contribution in [3.8, 4) is 6.07 Å². The van der Waals surface area contributed by atoms with Gasteiger partial charge < -0.3 is 5.32 Å². The Kier molecular flexibility index (Phi) is 7.13. The van der Waals surface area contributed by atoms with E-state index in [0.29, 0.717) is 6.04 Å². The monoisotopic (exact) mass is 244 g/mol. The second kappa shape index (κ2) is 8.72. The van der Waals surface area contributed by atoms with Gasteiger partial charge in [0.05, 0.1) is 11.6 Å². The van der Waals surface area contributed by atoms with Gasteiger partial charge in [-0.05, 0) is 31.0 Å². The van der Waals surface area contributed by atoms with Gasteiger partial charge in [-0.3, -0.25) is 0 Å². The van der Waals surface area contributed by atoms with Gasteiger partial charge >= 0.3 is 0 Å². The van der Waals surface area contributed by atoms with Gasteiger partial charge in [-0.2, -0.15) is 5.26 Å². The van der Waals surface area contributed by atoms with E-state index in [1.54, 1.807) is 0 Å². The SMILES string of the molecule is CCCCCCC(C)NCc1ccc(C#N)cc1. The van der Waals surface area contributed by atoms with Crippen molar-refractivity contribution in [3.05, 3.63) is 35.4 Å². The molecule has 0 spiro atoms. The molecule has 2 heteroatoms. The van der Waals surface area contributed by atoms with E-state index in [1.807, 2.05) is 24.3 Å². The van der Waals surface area contributed by atoms with Gasteiger partial charge in [0.15, 0.2) is 0 Å². The maximum absolute atomic E-state index is 8.72. The lowest BCUT2D eigenvalue weighted by Crippen LogP contribution is -2.25. The first kappa shape index (κ1) is 14.7. The number of nitrogens with one attached hydrogen (secondary N) is 1. The van der Waals surface area contributed by atoms with Crippen LogP contribution in [0.4, 0.5) is 0 Å². The van der Waals surface area contributed by atoms with Crippen LogP contribution in [-0.4, -0.2) is 6.04 Å². The van der Waals surface area contributed by atoms with Gasteiger partial charge in [-0.25, -0.2) is 0 Å². The van der Waals surface area contributed by atoms with Crippen LogP contribution in [0, 0.1) is 11.3 Å². The Labute approximate surface area is 111 Å². The Morgan fingerprint density at radius 2 is 1.89 bits per heavy atom. The minimum Gasteiger partial charge on any atom is -0.310 e. The fraction of sp³-hybridized carbons (Fsp3) is 0.562. The number of hydrogen-bond donors (Lipinski definition) is 1. The Morgan fingerprint density at radius 1 is 1.17 bits per heavy atom. The zero-order valence-electron chi connectivity index (χ0n) is 11.6. The Hall–Kier alpha value is -1.33. The fourth-order valence-corrected chi connectivity index (χ4v) is 1.97. The van der Waals surface area contributed by atoms with Gasteiger partial charge in [0.1, 0.15) is 0 Å². The summed E-state index contributed by atoms with van der Waals surface area (Å²) in [5.74, 6) is 0. The highest BCUT2D eigenvalue weighted by molar-refractivity contribution is 5.31. The summed E-state index contributed by atoms with van der Waals surface area (Å²) in [5.41, 5.74) is 1.97. The van der Waals surface area contributed by atoms with Crippen LogP contribution in [-0.2, 0) is 6.54 Å². The van der Waals surface area contributed by atoms with Gasteiger partial charge in [0.2, 0.25) is 0 Å². The smallest absolute Gasteiger partial charge is 0.0991 e. The number of benzene rings is 1. The van der Waals surface area contributed by atoms with Crippen LogP contribution in [0.25, 0.3) is 0 Å². The van der Waals surface area contributed by atoms with Crippen LogP contribution in [0.15, 0.2) is 24.3 Å². The molecule has 1 aromatic carbocycles. The molecule has 1 atom stereocenters. The van der Waals surface area contributed by atoms with Gasteiger partial charge in [0.25, 0.3) is 0 Å². The molecule has 0 fully saturated rings. The minimum atomic E-state index is 0.567. The molecule has 1 rings (SSSR count). The van der Waals surface area contributed by atoms with Crippen LogP contribution in [0.3, 0.4) is 0 Å². The molecule has 0 radical (unpaired) electrons. The van der Waals surface area contributed by atoms with Crippen molar-refractivity contribution in [2.24, 2.45) is 0 Å². The van der Waals surface area contributed by atoms with E-state index in [4.69, 9.17) is 5.26 Å². The Bertz CT molecular complexity index is 362. The standard InChI is InChI=1S/C16H24N2/c1-3-4-5-6-7-14(2)18-13-16-10-8-15(12-17)9-11-16/h8-11,14,18H,3-7,13H2,1-2H3. The summed E-state index contributed by atoms with van der Waals surface area (Å²) in [7, 11) is 0. The highest BCUT2D eigenvalue weighted by atomic mass is 14.9. The lowest BCUT2D eigenvalue weighted by molar-refractivity contribution is 0.482. The van der Waals surface area contributed by atoms with E-state index in [0.717, 1.165) is 12.1 Å². The maximum atomic E-state index is 8.72. The van der Waals surface area contributed by atoms with Crippen molar-refractivity contribution in [2.45, 2.75) is 58.5 Å². The summed E-state index contributed by atoms with van der Waals surface area (Å²) in [6.45, 7) is 5.38. The van der Waals surface area contributed by atoms with Gasteiger partial charge in [-0.1, -0.05) is 44.7 Å². The zero-order chi connectivity index (χ0) is 13.2. The first-order valence-electron chi connectivity index (χ1n) is 6.98. The summed E-state index contributed by atoms with van der Waals surface area (Å²) < 4.78 is 0. The molecular formula is C16H24N2. The van der Waals surface area contributed by atoms with Crippen LogP contribution >= 0.6 is 0 Å². The molecule has 0 saturated heterocycles. The average molecular weight is 244 g/mol. The van der Waals surface area contributed by atoms with Crippen LogP contribution in [0.2, 0.25) is 0 Å². The quantitative estimate of drug-likeness (QED) is 0.701. The molecule has 18 heavy (non-hydrogen) atoms. The number of nitriles is 1. The molecule has 98 valence electrons. The number of hydrogen-bond acceptors (Lipinski definition) is 2. The van der Waals surface area contributed by atoms with E-state index in [2.05, 4.69) is 25.2 Å². The van der Waals surface area contributed by atoms with Crippen molar-refractivity contribution in [2.75, 3.05) is 0 Å². The van der Waals surface area contributed by atoms with Crippen LogP contribution in [0.5, 0.6) is 0 Å². The molecule has 2 nitrogen and oxygen atoms in total. The lowest BCUT2D eigenvalue weighted by Gasteiger charge is -2.13. The number of unbranched alkanes of at least 4 members (excludes halogenated alkanes) is 3. The third-order valence-corrected chi connectivity index (χ3v) is 3.23. The third-order valence-electron chi connectivity index (χ3n) is 3.23. The third kappa shape index (κ3) is 5.84. The van der Waals surface area contributed by atoms with E-state index >= 15 is 0 Å². The van der Waals surface area contributed by atoms with Crippen molar-refractivity contribution < 1.29 is 0 Å². The van der Waals surface area contributed by atoms with Crippen LogP contribution in [0.1, 0.15) is 57.1 Å². The predicted octanol–water partition coefficient (Wildman–Crippen LogP) is 4.01. The summed E-state index contributed by atoms with van der Waals surface area (Å²) in [5, 5.41) is 12.3. The molecule has 0 amide bonds.